The van der Waals surface area contributed by atoms with E-state index in [1.807, 2.05) is 0 Å². The number of anilines is 6. The Kier molecular flexibility index (Phi) is 8.42. The summed E-state index contributed by atoms with van der Waals surface area (Å²) >= 11 is 0. The Morgan fingerprint density at radius 1 is 0.300 bits per heavy atom. The lowest BCUT2D eigenvalue weighted by Crippen LogP contribution is -2.14. The van der Waals surface area contributed by atoms with E-state index in [1.54, 1.807) is 0 Å². The van der Waals surface area contributed by atoms with Crippen LogP contribution >= 0.6 is 0 Å². The maximum absolute atomic E-state index is 2.39. The molecule has 8 rings (SSSR count). The molecule has 8 aromatic rings. The van der Waals surface area contributed by atoms with E-state index in [1.165, 1.54) is 44.2 Å². The molecule has 8 aromatic carbocycles. The third-order valence-electron chi connectivity index (χ3n) is 9.37. The van der Waals surface area contributed by atoms with Gasteiger partial charge in [-0.2, -0.15) is 0 Å². The number of benzene rings is 8. The fraction of sp³-hybridized carbons (Fsp3) is 0.0417. The predicted molar refractivity (Wildman–Crippen MR) is 214 cm³/mol. The molecule has 0 fully saturated rings. The van der Waals surface area contributed by atoms with Crippen molar-refractivity contribution in [1.82, 2.24) is 0 Å². The van der Waals surface area contributed by atoms with E-state index in [2.05, 4.69) is 218 Å². The van der Waals surface area contributed by atoms with Crippen molar-refractivity contribution in [2.45, 2.75) is 13.8 Å². The highest BCUT2D eigenvalue weighted by Crippen LogP contribution is 2.45. The third-order valence-corrected chi connectivity index (χ3v) is 9.37. The van der Waals surface area contributed by atoms with Crippen molar-refractivity contribution < 1.29 is 0 Å². The highest BCUT2D eigenvalue weighted by molar-refractivity contribution is 6.02. The van der Waals surface area contributed by atoms with Crippen LogP contribution in [0.5, 0.6) is 0 Å². The Balaban J connectivity index is 1.31. The lowest BCUT2D eigenvalue weighted by molar-refractivity contribution is 1.25. The van der Waals surface area contributed by atoms with Crippen molar-refractivity contribution in [1.29, 1.82) is 0 Å². The molecule has 0 heterocycles. The topological polar surface area (TPSA) is 6.48 Å². The van der Waals surface area contributed by atoms with Gasteiger partial charge in [-0.15, -0.1) is 0 Å². The predicted octanol–water partition coefficient (Wildman–Crippen LogP) is 13.7. The molecule has 2 nitrogen and oxygen atoms in total. The zero-order valence-electron chi connectivity index (χ0n) is 28.4. The van der Waals surface area contributed by atoms with Crippen molar-refractivity contribution in [3.05, 3.63) is 205 Å². The van der Waals surface area contributed by atoms with Gasteiger partial charge in [-0.25, -0.2) is 0 Å². The quantitative estimate of drug-likeness (QED) is 0.163. The summed E-state index contributed by atoms with van der Waals surface area (Å²) < 4.78 is 0. The summed E-state index contributed by atoms with van der Waals surface area (Å²) in [6, 6.07) is 70.0. The summed E-state index contributed by atoms with van der Waals surface area (Å²) in [5.41, 5.74) is 13.9. The van der Waals surface area contributed by atoms with Gasteiger partial charge in [0.05, 0.1) is 5.69 Å². The minimum absolute atomic E-state index is 1.09. The molecule has 0 aliphatic rings. The van der Waals surface area contributed by atoms with Gasteiger partial charge in [0.25, 0.3) is 0 Å². The molecule has 0 atom stereocenters. The van der Waals surface area contributed by atoms with Crippen LogP contribution in [0.15, 0.2) is 194 Å². The maximum Gasteiger partial charge on any atom is 0.0560 e. The minimum atomic E-state index is 1.09. The fourth-order valence-electron chi connectivity index (χ4n) is 6.72. The van der Waals surface area contributed by atoms with Crippen molar-refractivity contribution >= 4 is 44.9 Å². The monoisotopic (exact) mass is 642 g/mol. The highest BCUT2D eigenvalue weighted by atomic mass is 15.2. The van der Waals surface area contributed by atoms with Crippen molar-refractivity contribution in [3.8, 4) is 22.3 Å². The SMILES string of the molecule is Cc1ccc(N(c2ccc(-c3ccccc3)cc2)c2cc(N(c3ccc(C)cc3)c3ccc(-c4ccccc4)cc3)c3ccccc3c2)cc1. The number of aryl methyl sites for hydroxylation is 2. The summed E-state index contributed by atoms with van der Waals surface area (Å²) in [6.07, 6.45) is 0. The van der Waals surface area contributed by atoms with E-state index in [-0.39, 0.29) is 0 Å². The Morgan fingerprint density at radius 2 is 0.680 bits per heavy atom. The molecule has 0 N–H and O–H groups in total. The Hall–Kier alpha value is -6.38. The van der Waals surface area contributed by atoms with Gasteiger partial charge in [0.2, 0.25) is 0 Å². The highest BCUT2D eigenvalue weighted by Gasteiger charge is 2.20. The van der Waals surface area contributed by atoms with Gasteiger partial charge in [0.15, 0.2) is 0 Å². The van der Waals surface area contributed by atoms with Gasteiger partial charge in [0.1, 0.15) is 0 Å². The molecular formula is C48H38N2. The van der Waals surface area contributed by atoms with Crippen LogP contribution in [-0.4, -0.2) is 0 Å². The van der Waals surface area contributed by atoms with Crippen LogP contribution in [0.4, 0.5) is 34.1 Å². The van der Waals surface area contributed by atoms with E-state index >= 15 is 0 Å². The normalized spacial score (nSPS) is 11.0. The van der Waals surface area contributed by atoms with Gasteiger partial charge in [0, 0.05) is 33.8 Å². The summed E-state index contributed by atoms with van der Waals surface area (Å²) in [6.45, 7) is 4.28. The molecular weight excluding hydrogens is 605 g/mol. The van der Waals surface area contributed by atoms with Gasteiger partial charge < -0.3 is 9.80 Å². The van der Waals surface area contributed by atoms with Gasteiger partial charge >= 0.3 is 0 Å². The van der Waals surface area contributed by atoms with E-state index in [4.69, 9.17) is 0 Å². The first kappa shape index (κ1) is 30.9. The largest absolute Gasteiger partial charge is 0.310 e. The summed E-state index contributed by atoms with van der Waals surface area (Å²) in [7, 11) is 0. The first-order chi connectivity index (χ1) is 24.6. The number of hydrogen-bond acceptors (Lipinski definition) is 2. The fourth-order valence-corrected chi connectivity index (χ4v) is 6.72. The summed E-state index contributed by atoms with van der Waals surface area (Å²) in [5.74, 6) is 0. The summed E-state index contributed by atoms with van der Waals surface area (Å²) in [4.78, 5) is 4.77. The Morgan fingerprint density at radius 3 is 1.16 bits per heavy atom. The smallest absolute Gasteiger partial charge is 0.0560 e. The molecule has 240 valence electrons. The molecule has 0 spiro atoms. The van der Waals surface area contributed by atoms with Gasteiger partial charge in [-0.1, -0.05) is 145 Å². The maximum atomic E-state index is 2.39. The molecule has 0 saturated carbocycles. The number of fused-ring (bicyclic) bond motifs is 1. The van der Waals surface area contributed by atoms with Crippen LogP contribution in [0.3, 0.4) is 0 Å². The Labute approximate surface area is 295 Å². The van der Waals surface area contributed by atoms with Crippen molar-refractivity contribution in [3.63, 3.8) is 0 Å². The first-order valence-electron chi connectivity index (χ1n) is 17.2. The molecule has 50 heavy (non-hydrogen) atoms. The van der Waals surface area contributed by atoms with Crippen LogP contribution in [0.1, 0.15) is 11.1 Å². The minimum Gasteiger partial charge on any atom is -0.310 e. The van der Waals surface area contributed by atoms with Crippen molar-refractivity contribution in [2.75, 3.05) is 9.80 Å². The average molecular weight is 643 g/mol. The molecule has 0 amide bonds. The molecule has 0 unspecified atom stereocenters. The van der Waals surface area contributed by atoms with Crippen molar-refractivity contribution in [2.24, 2.45) is 0 Å². The average Bonchev–Trinajstić information content (AvgIpc) is 3.18. The van der Waals surface area contributed by atoms with Crippen LogP contribution in [0.2, 0.25) is 0 Å². The van der Waals surface area contributed by atoms with Crippen LogP contribution in [0.25, 0.3) is 33.0 Å². The van der Waals surface area contributed by atoms with Gasteiger partial charge in [-0.05, 0) is 102 Å². The molecule has 0 radical (unpaired) electrons. The number of rotatable bonds is 8. The standard InChI is InChI=1S/C48H38N2/c1-35-17-25-42(26-18-35)49(43-29-21-39(22-30-43)37-11-5-3-6-12-37)46-33-41-15-9-10-16-47(41)48(34-46)50(44-27-19-36(2)20-28-44)45-31-23-40(24-32-45)38-13-7-4-8-14-38/h3-34H,1-2H3. The molecule has 0 saturated heterocycles. The second kappa shape index (κ2) is 13.6. The van der Waals surface area contributed by atoms with Crippen LogP contribution in [-0.2, 0) is 0 Å². The third kappa shape index (κ3) is 6.27. The molecule has 0 bridgehead atoms. The van der Waals surface area contributed by atoms with Gasteiger partial charge in [-0.3, -0.25) is 0 Å². The molecule has 0 aromatic heterocycles. The zero-order chi connectivity index (χ0) is 33.9. The molecule has 0 aliphatic carbocycles. The van der Waals surface area contributed by atoms with E-state index < -0.39 is 0 Å². The number of nitrogens with zero attached hydrogens (tertiary/aromatic N) is 2. The second-order valence-electron chi connectivity index (χ2n) is 12.9. The molecule has 0 aliphatic heterocycles. The summed E-state index contributed by atoms with van der Waals surface area (Å²) in [5, 5.41) is 2.36. The Bertz CT molecular complexity index is 2340. The second-order valence-corrected chi connectivity index (χ2v) is 12.9. The van der Waals surface area contributed by atoms with E-state index in [9.17, 15) is 0 Å². The zero-order valence-corrected chi connectivity index (χ0v) is 28.4. The lowest BCUT2D eigenvalue weighted by atomic mass is 10.0. The van der Waals surface area contributed by atoms with Crippen LogP contribution < -0.4 is 9.80 Å². The number of hydrogen-bond donors (Lipinski definition) is 0. The molecule has 2 heteroatoms. The van der Waals surface area contributed by atoms with Crippen LogP contribution in [0, 0.1) is 13.8 Å². The van der Waals surface area contributed by atoms with E-state index in [0.717, 1.165) is 34.1 Å². The first-order valence-corrected chi connectivity index (χ1v) is 17.2. The lowest BCUT2D eigenvalue weighted by Gasteiger charge is -2.31. The van der Waals surface area contributed by atoms with E-state index in [0.29, 0.717) is 0 Å².